The molecule has 110 valence electrons. The van der Waals surface area contributed by atoms with Crippen LogP contribution < -0.4 is 10.6 Å². The Labute approximate surface area is 123 Å². The molecule has 0 atom stereocenters. The van der Waals surface area contributed by atoms with Crippen LogP contribution in [0.25, 0.3) is 0 Å². The molecule has 5 heteroatoms. The van der Waals surface area contributed by atoms with Gasteiger partial charge in [0.1, 0.15) is 5.82 Å². The summed E-state index contributed by atoms with van der Waals surface area (Å²) >= 11 is 0. The average molecular weight is 288 g/mol. The second kappa shape index (κ2) is 6.40. The van der Waals surface area contributed by atoms with Gasteiger partial charge in [-0.05, 0) is 30.5 Å². The number of carbonyl (C=O) groups is 2. The normalized spacial score (nSPS) is 14.9. The SMILES string of the molecule is C#CCNC(=O)CCNC(=O)C1(c2ccc(F)cc2)CC1. The Morgan fingerprint density at radius 2 is 1.90 bits per heavy atom. The number of hydrogen-bond acceptors (Lipinski definition) is 2. The van der Waals surface area contributed by atoms with E-state index in [1.54, 1.807) is 12.1 Å². The zero-order chi connectivity index (χ0) is 15.3. The first kappa shape index (κ1) is 15.0. The summed E-state index contributed by atoms with van der Waals surface area (Å²) in [6.07, 6.45) is 6.71. The maximum Gasteiger partial charge on any atom is 0.230 e. The molecule has 0 bridgehead atoms. The molecule has 0 aromatic heterocycles. The Morgan fingerprint density at radius 3 is 2.48 bits per heavy atom. The van der Waals surface area contributed by atoms with Gasteiger partial charge in [0.25, 0.3) is 0 Å². The third-order valence-electron chi connectivity index (χ3n) is 3.61. The molecule has 0 heterocycles. The van der Waals surface area contributed by atoms with E-state index in [9.17, 15) is 14.0 Å². The number of terminal acetylenes is 1. The van der Waals surface area contributed by atoms with E-state index in [2.05, 4.69) is 16.6 Å². The van der Waals surface area contributed by atoms with Crippen LogP contribution in [0.3, 0.4) is 0 Å². The molecule has 1 aliphatic carbocycles. The van der Waals surface area contributed by atoms with Gasteiger partial charge in [0, 0.05) is 13.0 Å². The number of amides is 2. The van der Waals surface area contributed by atoms with E-state index in [1.807, 2.05) is 0 Å². The number of nitrogens with one attached hydrogen (secondary N) is 2. The van der Waals surface area contributed by atoms with E-state index in [0.29, 0.717) is 0 Å². The molecule has 2 N–H and O–H groups in total. The van der Waals surface area contributed by atoms with Gasteiger partial charge in [0.15, 0.2) is 0 Å². The molecule has 0 aliphatic heterocycles. The van der Waals surface area contributed by atoms with Crippen molar-refractivity contribution in [3.05, 3.63) is 35.6 Å². The quantitative estimate of drug-likeness (QED) is 0.771. The molecule has 0 radical (unpaired) electrons. The van der Waals surface area contributed by atoms with Crippen molar-refractivity contribution >= 4 is 11.8 Å². The van der Waals surface area contributed by atoms with Crippen LogP contribution >= 0.6 is 0 Å². The van der Waals surface area contributed by atoms with Crippen LogP contribution in [-0.2, 0) is 15.0 Å². The summed E-state index contributed by atoms with van der Waals surface area (Å²) in [6, 6.07) is 6.00. The molecule has 4 nitrogen and oxygen atoms in total. The Balaban J connectivity index is 1.85. The Hall–Kier alpha value is -2.35. The van der Waals surface area contributed by atoms with Crippen molar-refractivity contribution in [1.29, 1.82) is 0 Å². The molecule has 1 aromatic carbocycles. The molecule has 1 fully saturated rings. The molecule has 1 aliphatic rings. The first-order valence-corrected chi connectivity index (χ1v) is 6.83. The minimum atomic E-state index is -0.553. The van der Waals surface area contributed by atoms with Crippen LogP contribution in [0.15, 0.2) is 24.3 Å². The standard InChI is InChI=1S/C16H17FN2O2/c1-2-10-18-14(20)7-11-19-15(21)16(8-9-16)12-3-5-13(17)6-4-12/h1,3-6H,7-11H2,(H,18,20)(H,19,21). The zero-order valence-electron chi connectivity index (χ0n) is 11.6. The lowest BCUT2D eigenvalue weighted by Crippen LogP contribution is -2.37. The highest BCUT2D eigenvalue weighted by atomic mass is 19.1. The largest absolute Gasteiger partial charge is 0.355 e. The summed E-state index contributed by atoms with van der Waals surface area (Å²) in [5.74, 6) is 1.68. The smallest absolute Gasteiger partial charge is 0.230 e. The van der Waals surface area contributed by atoms with E-state index in [4.69, 9.17) is 6.42 Å². The van der Waals surface area contributed by atoms with Crippen LogP contribution in [0.2, 0.25) is 0 Å². The van der Waals surface area contributed by atoms with E-state index < -0.39 is 5.41 Å². The van der Waals surface area contributed by atoms with Gasteiger partial charge in [-0.1, -0.05) is 18.1 Å². The highest BCUT2D eigenvalue weighted by molar-refractivity contribution is 5.91. The van der Waals surface area contributed by atoms with E-state index in [-0.39, 0.29) is 37.1 Å². The summed E-state index contributed by atoms with van der Waals surface area (Å²) in [7, 11) is 0. The Bertz CT molecular complexity index is 571. The van der Waals surface area contributed by atoms with Gasteiger partial charge in [-0.3, -0.25) is 9.59 Å². The van der Waals surface area contributed by atoms with E-state index in [1.165, 1.54) is 12.1 Å². The van der Waals surface area contributed by atoms with Crippen LogP contribution in [0.5, 0.6) is 0 Å². The Kier molecular flexibility index (Phi) is 4.59. The van der Waals surface area contributed by atoms with Gasteiger partial charge in [0.05, 0.1) is 12.0 Å². The first-order valence-electron chi connectivity index (χ1n) is 6.83. The van der Waals surface area contributed by atoms with Crippen molar-refractivity contribution in [2.75, 3.05) is 13.1 Å². The fourth-order valence-electron chi connectivity index (χ4n) is 2.24. The minimum absolute atomic E-state index is 0.112. The van der Waals surface area contributed by atoms with Crippen molar-refractivity contribution in [3.63, 3.8) is 0 Å². The topological polar surface area (TPSA) is 58.2 Å². The third-order valence-corrected chi connectivity index (χ3v) is 3.61. The molecule has 2 rings (SSSR count). The molecule has 1 aromatic rings. The molecule has 0 saturated heterocycles. The minimum Gasteiger partial charge on any atom is -0.355 e. The van der Waals surface area contributed by atoms with Gasteiger partial charge in [-0.15, -0.1) is 6.42 Å². The molecular formula is C16H17FN2O2. The van der Waals surface area contributed by atoms with E-state index >= 15 is 0 Å². The summed E-state index contributed by atoms with van der Waals surface area (Å²) in [5, 5.41) is 5.29. The monoisotopic (exact) mass is 288 g/mol. The van der Waals surface area contributed by atoms with Gasteiger partial charge in [0.2, 0.25) is 11.8 Å². The number of carbonyl (C=O) groups excluding carboxylic acids is 2. The fourth-order valence-corrected chi connectivity index (χ4v) is 2.24. The fraction of sp³-hybridized carbons (Fsp3) is 0.375. The van der Waals surface area contributed by atoms with Crippen LogP contribution in [0, 0.1) is 18.2 Å². The molecule has 2 amide bonds. The van der Waals surface area contributed by atoms with Crippen LogP contribution in [0.4, 0.5) is 4.39 Å². The summed E-state index contributed by atoms with van der Waals surface area (Å²) in [5.41, 5.74) is 0.265. The molecule has 0 unspecified atom stereocenters. The second-order valence-electron chi connectivity index (χ2n) is 5.08. The van der Waals surface area contributed by atoms with Crippen molar-refractivity contribution in [2.45, 2.75) is 24.7 Å². The van der Waals surface area contributed by atoms with Gasteiger partial charge >= 0.3 is 0 Å². The molecule has 1 saturated carbocycles. The van der Waals surface area contributed by atoms with Crippen LogP contribution in [-0.4, -0.2) is 24.9 Å². The van der Waals surface area contributed by atoms with Crippen molar-refractivity contribution in [3.8, 4) is 12.3 Å². The van der Waals surface area contributed by atoms with Gasteiger partial charge in [-0.25, -0.2) is 4.39 Å². The first-order chi connectivity index (χ1) is 10.1. The van der Waals surface area contributed by atoms with Gasteiger partial charge < -0.3 is 10.6 Å². The maximum absolute atomic E-state index is 12.9. The number of halogens is 1. The van der Waals surface area contributed by atoms with Crippen molar-refractivity contribution in [2.24, 2.45) is 0 Å². The highest BCUT2D eigenvalue weighted by Gasteiger charge is 2.50. The lowest BCUT2D eigenvalue weighted by Gasteiger charge is -2.15. The second-order valence-corrected chi connectivity index (χ2v) is 5.08. The zero-order valence-corrected chi connectivity index (χ0v) is 11.6. The third kappa shape index (κ3) is 3.60. The predicted octanol–water partition coefficient (Wildman–Crippen LogP) is 1.11. The van der Waals surface area contributed by atoms with E-state index in [0.717, 1.165) is 18.4 Å². The van der Waals surface area contributed by atoms with Crippen molar-refractivity contribution in [1.82, 2.24) is 10.6 Å². The summed E-state index contributed by atoms with van der Waals surface area (Å²) < 4.78 is 12.9. The highest BCUT2D eigenvalue weighted by Crippen LogP contribution is 2.48. The Morgan fingerprint density at radius 1 is 1.24 bits per heavy atom. The number of benzene rings is 1. The molecular weight excluding hydrogens is 271 g/mol. The summed E-state index contributed by atoms with van der Waals surface area (Å²) in [6.45, 7) is 0.449. The molecule has 21 heavy (non-hydrogen) atoms. The van der Waals surface area contributed by atoms with Gasteiger partial charge in [-0.2, -0.15) is 0 Å². The lowest BCUT2D eigenvalue weighted by atomic mass is 9.95. The number of hydrogen-bond donors (Lipinski definition) is 2. The summed E-state index contributed by atoms with van der Waals surface area (Å²) in [4.78, 5) is 23.6. The average Bonchev–Trinajstić information content (AvgIpc) is 3.27. The maximum atomic E-state index is 12.9. The lowest BCUT2D eigenvalue weighted by molar-refractivity contribution is -0.124. The molecule has 0 spiro atoms. The predicted molar refractivity (Wildman–Crippen MR) is 76.8 cm³/mol. The number of rotatable bonds is 6. The van der Waals surface area contributed by atoms with Crippen molar-refractivity contribution < 1.29 is 14.0 Å². The van der Waals surface area contributed by atoms with Crippen LogP contribution in [0.1, 0.15) is 24.8 Å².